The number of thiazole rings is 1. The molecule has 0 radical (unpaired) electrons. The van der Waals surface area contributed by atoms with Crippen LogP contribution in [0, 0.1) is 6.92 Å². The summed E-state index contributed by atoms with van der Waals surface area (Å²) in [5, 5.41) is 1.04. The maximum Gasteiger partial charge on any atom is 0.507 e. The van der Waals surface area contributed by atoms with Crippen molar-refractivity contribution in [2.45, 2.75) is 66.1 Å². The molecule has 0 saturated carbocycles. The van der Waals surface area contributed by atoms with Gasteiger partial charge in [-0.3, -0.25) is 4.98 Å². The molecule has 0 unspecified atom stereocenters. The van der Waals surface area contributed by atoms with Crippen LogP contribution in [0.2, 0.25) is 0 Å². The molecule has 0 aromatic carbocycles. The SMILES string of the molecule is CCC.Cc1ncc(B2OC(C)(C)C(C)(C)O2)s1. The number of rotatable bonds is 1. The van der Waals surface area contributed by atoms with E-state index in [2.05, 4.69) is 46.5 Å². The lowest BCUT2D eigenvalue weighted by Gasteiger charge is -2.32. The summed E-state index contributed by atoms with van der Waals surface area (Å²) in [6, 6.07) is 0. The Hall–Kier alpha value is -0.385. The van der Waals surface area contributed by atoms with Gasteiger partial charge in [-0.25, -0.2) is 0 Å². The molecule has 1 aliphatic heterocycles. The summed E-state index contributed by atoms with van der Waals surface area (Å²) >= 11 is 1.63. The molecule has 0 bridgehead atoms. The van der Waals surface area contributed by atoms with Gasteiger partial charge in [-0.1, -0.05) is 20.3 Å². The number of aryl methyl sites for hydroxylation is 1. The van der Waals surface area contributed by atoms with E-state index in [1.54, 1.807) is 11.3 Å². The van der Waals surface area contributed by atoms with E-state index in [1.807, 2.05) is 13.1 Å². The summed E-state index contributed by atoms with van der Waals surface area (Å²) in [4.78, 5) is 4.22. The molecule has 1 saturated heterocycles. The molecule has 0 spiro atoms. The van der Waals surface area contributed by atoms with Gasteiger partial charge in [0.15, 0.2) is 0 Å². The largest absolute Gasteiger partial charge is 0.507 e. The van der Waals surface area contributed by atoms with Crippen LogP contribution in [-0.2, 0) is 9.31 Å². The minimum atomic E-state index is -0.268. The lowest BCUT2D eigenvalue weighted by molar-refractivity contribution is 0.00578. The van der Waals surface area contributed by atoms with Crippen LogP contribution < -0.4 is 4.78 Å². The number of hydrogen-bond acceptors (Lipinski definition) is 4. The second kappa shape index (κ2) is 5.72. The normalized spacial score (nSPS) is 20.5. The van der Waals surface area contributed by atoms with Crippen LogP contribution in [0.3, 0.4) is 0 Å². The second-order valence-electron chi connectivity index (χ2n) is 5.58. The van der Waals surface area contributed by atoms with Crippen LogP contribution in [0.5, 0.6) is 0 Å². The van der Waals surface area contributed by atoms with Gasteiger partial charge in [0.2, 0.25) is 0 Å². The first-order chi connectivity index (χ1) is 8.23. The van der Waals surface area contributed by atoms with E-state index >= 15 is 0 Å². The maximum absolute atomic E-state index is 5.91. The van der Waals surface area contributed by atoms with Gasteiger partial charge in [0.1, 0.15) is 0 Å². The zero-order valence-electron chi connectivity index (χ0n) is 12.5. The summed E-state index contributed by atoms with van der Waals surface area (Å²) in [7, 11) is -0.263. The fourth-order valence-electron chi connectivity index (χ4n) is 1.45. The summed E-state index contributed by atoms with van der Waals surface area (Å²) in [5.41, 5.74) is -0.537. The monoisotopic (exact) mass is 269 g/mol. The lowest BCUT2D eigenvalue weighted by Crippen LogP contribution is -2.41. The highest BCUT2D eigenvalue weighted by atomic mass is 32.1. The summed E-state index contributed by atoms with van der Waals surface area (Å²) in [6.07, 6.45) is 3.09. The van der Waals surface area contributed by atoms with Gasteiger partial charge in [-0.15, -0.1) is 11.3 Å². The van der Waals surface area contributed by atoms with Crippen molar-refractivity contribution in [2.75, 3.05) is 0 Å². The van der Waals surface area contributed by atoms with E-state index in [1.165, 1.54) is 6.42 Å². The van der Waals surface area contributed by atoms with Gasteiger partial charge < -0.3 is 9.31 Å². The highest BCUT2D eigenvalue weighted by molar-refractivity contribution is 7.22. The van der Waals surface area contributed by atoms with Crippen LogP contribution in [-0.4, -0.2) is 23.3 Å². The Morgan fingerprint density at radius 2 is 1.61 bits per heavy atom. The third-order valence-electron chi connectivity index (χ3n) is 3.12. The molecular weight excluding hydrogens is 245 g/mol. The molecule has 0 amide bonds. The van der Waals surface area contributed by atoms with Gasteiger partial charge in [0.25, 0.3) is 0 Å². The van der Waals surface area contributed by atoms with Gasteiger partial charge in [-0.05, 0) is 34.6 Å². The third-order valence-corrected chi connectivity index (χ3v) is 4.06. The Labute approximate surface area is 115 Å². The summed E-state index contributed by atoms with van der Waals surface area (Å²) < 4.78 is 12.9. The summed E-state index contributed by atoms with van der Waals surface area (Å²) in [5.74, 6) is 0. The van der Waals surface area contributed by atoms with Crippen molar-refractivity contribution in [3.8, 4) is 0 Å². The Kier molecular flexibility index (Phi) is 4.98. The van der Waals surface area contributed by atoms with Crippen LogP contribution in [0.25, 0.3) is 0 Å². The van der Waals surface area contributed by atoms with Gasteiger partial charge in [-0.2, -0.15) is 0 Å². The Morgan fingerprint density at radius 1 is 1.17 bits per heavy atom. The van der Waals surface area contributed by atoms with Crippen molar-refractivity contribution in [1.82, 2.24) is 4.98 Å². The standard InChI is InChI=1S/C10H16BNO2S.C3H8/c1-7-12-6-8(15-7)11-13-9(2,3)10(4,5)14-11;1-3-2/h6H,1-5H3;3H2,1-2H3. The number of hydrogen-bond donors (Lipinski definition) is 0. The highest BCUT2D eigenvalue weighted by Crippen LogP contribution is 2.36. The number of nitrogens with zero attached hydrogens (tertiary/aromatic N) is 1. The fourth-order valence-corrected chi connectivity index (χ4v) is 2.19. The number of aromatic nitrogens is 1. The van der Waals surface area contributed by atoms with Crippen LogP contribution in [0.15, 0.2) is 6.20 Å². The van der Waals surface area contributed by atoms with Crippen LogP contribution in [0.4, 0.5) is 0 Å². The fraction of sp³-hybridized carbons (Fsp3) is 0.769. The Morgan fingerprint density at radius 3 is 1.94 bits per heavy atom. The first kappa shape index (κ1) is 15.7. The van der Waals surface area contributed by atoms with Crippen molar-refractivity contribution in [1.29, 1.82) is 0 Å². The maximum atomic E-state index is 5.91. The van der Waals surface area contributed by atoms with Crippen molar-refractivity contribution in [2.24, 2.45) is 0 Å². The van der Waals surface area contributed by atoms with Crippen LogP contribution in [0.1, 0.15) is 53.0 Å². The molecule has 5 heteroatoms. The molecule has 0 atom stereocenters. The van der Waals surface area contributed by atoms with Crippen molar-refractivity contribution in [3.05, 3.63) is 11.2 Å². The van der Waals surface area contributed by atoms with E-state index in [4.69, 9.17) is 9.31 Å². The van der Waals surface area contributed by atoms with Gasteiger partial charge >= 0.3 is 7.12 Å². The molecule has 0 N–H and O–H groups in total. The lowest BCUT2D eigenvalue weighted by atomic mass is 9.89. The van der Waals surface area contributed by atoms with E-state index in [-0.39, 0.29) is 18.3 Å². The zero-order valence-corrected chi connectivity index (χ0v) is 13.4. The first-order valence-corrected chi connectivity index (χ1v) is 7.33. The van der Waals surface area contributed by atoms with Crippen molar-refractivity contribution < 1.29 is 9.31 Å². The molecular formula is C13H24BNO2S. The topological polar surface area (TPSA) is 31.4 Å². The molecule has 102 valence electrons. The third kappa shape index (κ3) is 3.34. The summed E-state index contributed by atoms with van der Waals surface area (Å²) in [6.45, 7) is 14.5. The van der Waals surface area contributed by atoms with E-state index < -0.39 is 0 Å². The van der Waals surface area contributed by atoms with E-state index in [0.717, 1.165) is 9.78 Å². The van der Waals surface area contributed by atoms with E-state index in [9.17, 15) is 0 Å². The molecule has 3 nitrogen and oxygen atoms in total. The first-order valence-electron chi connectivity index (χ1n) is 6.51. The second-order valence-corrected chi connectivity index (χ2v) is 6.84. The van der Waals surface area contributed by atoms with Gasteiger partial charge in [0, 0.05) is 6.20 Å². The molecule has 0 aliphatic carbocycles. The molecule has 1 aromatic heterocycles. The molecule has 18 heavy (non-hydrogen) atoms. The van der Waals surface area contributed by atoms with Crippen molar-refractivity contribution >= 4 is 23.2 Å². The molecule has 2 heterocycles. The quantitative estimate of drug-likeness (QED) is 0.734. The average molecular weight is 269 g/mol. The zero-order chi connectivity index (χ0) is 14.0. The van der Waals surface area contributed by atoms with E-state index in [0.29, 0.717) is 0 Å². The van der Waals surface area contributed by atoms with Gasteiger partial charge in [0.05, 0.1) is 21.0 Å². The molecule has 1 fully saturated rings. The minimum Gasteiger partial charge on any atom is -0.399 e. The molecule has 2 rings (SSSR count). The predicted octanol–water partition coefficient (Wildman–Crippen LogP) is 3.17. The Balaban J connectivity index is 0.000000492. The smallest absolute Gasteiger partial charge is 0.399 e. The average Bonchev–Trinajstić information content (AvgIpc) is 2.71. The molecule has 1 aromatic rings. The minimum absolute atomic E-state index is 0.263. The predicted molar refractivity (Wildman–Crippen MR) is 78.5 cm³/mol. The Bertz CT molecular complexity index is 374. The highest BCUT2D eigenvalue weighted by Gasteiger charge is 2.52. The van der Waals surface area contributed by atoms with Crippen LogP contribution >= 0.6 is 11.3 Å². The molecule has 1 aliphatic rings. The van der Waals surface area contributed by atoms with Crippen molar-refractivity contribution in [3.63, 3.8) is 0 Å².